The smallest absolute Gasteiger partial charge is 0.268 e. The molecule has 77 heavy (non-hydrogen) atoms. The zero-order valence-corrected chi connectivity index (χ0v) is 45.9. The van der Waals surface area contributed by atoms with Crippen molar-refractivity contribution in [3.8, 4) is 61.7 Å². The summed E-state index contributed by atoms with van der Waals surface area (Å²) in [5, 5.41) is 3.20. The molecule has 378 valence electrons. The predicted molar refractivity (Wildman–Crippen MR) is 312 cm³/mol. The Labute approximate surface area is 472 Å². The van der Waals surface area contributed by atoms with Crippen molar-refractivity contribution in [2.24, 2.45) is 0 Å². The van der Waals surface area contributed by atoms with Gasteiger partial charge in [-0.15, -0.1) is 5.39 Å². The van der Waals surface area contributed by atoms with Crippen LogP contribution in [-0.2, 0) is 38.3 Å². The molecule has 0 saturated heterocycles. The summed E-state index contributed by atoms with van der Waals surface area (Å²) >= 11 is 0. The third-order valence-corrected chi connectivity index (χ3v) is 14.6. The first kappa shape index (κ1) is 43.8. The van der Waals surface area contributed by atoms with E-state index in [0.717, 1.165) is 117 Å². The van der Waals surface area contributed by atoms with Crippen molar-refractivity contribution in [3.63, 3.8) is 0 Å². The molecule has 0 atom stereocenters. The second kappa shape index (κ2) is 19.6. The number of para-hydroxylation sites is 3. The van der Waals surface area contributed by atoms with E-state index < -0.39 is 11.5 Å². The molecule has 5 nitrogen and oxygen atoms in total. The summed E-state index contributed by atoms with van der Waals surface area (Å²) in [5.74, 6) is 0.792. The van der Waals surface area contributed by atoms with Gasteiger partial charge in [0.25, 0.3) is 6.33 Å². The molecule has 9 aromatic carbocycles. The van der Waals surface area contributed by atoms with Crippen LogP contribution in [0, 0.1) is 18.5 Å². The summed E-state index contributed by atoms with van der Waals surface area (Å²) in [6.45, 7) is 13.1. The summed E-state index contributed by atoms with van der Waals surface area (Å²) in [6, 6.07) is 67.3. The quantitative estimate of drug-likeness (QED) is 0.107. The number of aromatic nitrogens is 4. The third kappa shape index (κ3) is 9.23. The van der Waals surface area contributed by atoms with Gasteiger partial charge in [-0.05, 0) is 114 Å². The summed E-state index contributed by atoms with van der Waals surface area (Å²) in [5.41, 5.74) is 16.2. The molecule has 4 heterocycles. The van der Waals surface area contributed by atoms with Crippen LogP contribution in [0.2, 0.25) is 0 Å². The van der Waals surface area contributed by atoms with E-state index in [4.69, 9.17) is 13.5 Å². The van der Waals surface area contributed by atoms with E-state index in [1.165, 1.54) is 0 Å². The second-order valence-electron chi connectivity index (χ2n) is 21.8. The Morgan fingerprint density at radius 2 is 1.22 bits per heavy atom. The molecule has 0 aliphatic carbocycles. The largest absolute Gasteiger partial charge is 0.463 e. The van der Waals surface area contributed by atoms with Crippen molar-refractivity contribution >= 4 is 43.8 Å². The summed E-state index contributed by atoms with van der Waals surface area (Å²) in [6.07, 6.45) is 7.93. The van der Waals surface area contributed by atoms with Crippen molar-refractivity contribution < 1.29 is 36.9 Å². The van der Waals surface area contributed by atoms with Gasteiger partial charge >= 0.3 is 0 Å². The summed E-state index contributed by atoms with van der Waals surface area (Å²) in [7, 11) is 0. The Bertz CT molecular complexity index is 4630. The van der Waals surface area contributed by atoms with E-state index >= 15 is 0 Å². The maximum Gasteiger partial charge on any atom is 0.268 e. The van der Waals surface area contributed by atoms with E-state index in [9.17, 15) is 2.74 Å². The second-order valence-corrected chi connectivity index (χ2v) is 21.8. The molecule has 13 aromatic rings. The van der Waals surface area contributed by atoms with Crippen molar-refractivity contribution in [1.29, 1.82) is 0 Å². The monoisotopic (exact) mass is 1180 g/mol. The van der Waals surface area contributed by atoms with E-state index in [2.05, 4.69) is 225 Å². The maximum absolute atomic E-state index is 9.17. The van der Waals surface area contributed by atoms with Crippen LogP contribution in [0.5, 0.6) is 0 Å². The van der Waals surface area contributed by atoms with E-state index in [-0.39, 0.29) is 56.2 Å². The van der Waals surface area contributed by atoms with Crippen molar-refractivity contribution in [2.45, 2.75) is 58.8 Å². The molecule has 0 bridgehead atoms. The molecular weight excluding hydrogens is 1120 g/mol. The van der Waals surface area contributed by atoms with Crippen molar-refractivity contribution in [3.05, 3.63) is 259 Å². The molecule has 0 aliphatic heterocycles. The Balaban J connectivity index is 0.00000665. The average Bonchev–Trinajstić information content (AvgIpc) is 4.33. The van der Waals surface area contributed by atoms with Gasteiger partial charge in [-0.2, -0.15) is 53.6 Å². The number of fused-ring (bicyclic) bond motifs is 5. The van der Waals surface area contributed by atoms with Crippen LogP contribution < -0.4 is 4.57 Å². The molecule has 0 amide bonds. The molecule has 4 aromatic heterocycles. The molecule has 0 fully saturated rings. The number of pyridine rings is 1. The standard InChI is InChI=1S/C71H56N4O.Pt/c1-70(2,3)56-40-54(50-22-11-8-12-23-50)39-55(41-56)62-44-57(71(4,5)6)43-61(52-25-18-24-51(38-52)49-20-9-7-10-21-49)69(62)74-46-73(64-29-15-16-30-65(64)74)58-26-17-19-47(36-58)35-48-31-32-60-59-27-13-14-28-63(59)75(66(60)37-48)68-42-53-33-34-76-67(53)45-72-68;/h7-34,38-45H,35H2,1-6H3;/q-2;/i8D,11D,12D,22D,23D;. The SMILES string of the molecule is [2H]c1c([2H])c([2H])c(-c2cc(-c3cc(C(C)(C)C)cc(-c4cccc(-c5ccccc5)c4)c3-[n+]3[c-]n(-c4[c-]c(Cc5[c-]c6c(cc5)c5ccccc5n6-c5cc6ccoc6cn5)ccc4)c4ccccc43)cc(C(C)(C)C)c2)c([2H])c1[2H].[Pt]. The van der Waals surface area contributed by atoms with Gasteiger partial charge in [-0.3, -0.25) is 4.57 Å². The topological polar surface area (TPSA) is 39.8 Å². The van der Waals surface area contributed by atoms with Crippen LogP contribution >= 0.6 is 0 Å². The first-order valence-electron chi connectivity index (χ1n) is 28.3. The predicted octanol–water partition coefficient (Wildman–Crippen LogP) is 17.4. The van der Waals surface area contributed by atoms with Gasteiger partial charge in [0.1, 0.15) is 5.82 Å². The Hall–Kier alpha value is -8.37. The Morgan fingerprint density at radius 3 is 2.03 bits per heavy atom. The van der Waals surface area contributed by atoms with Crippen LogP contribution in [-0.4, -0.2) is 14.1 Å². The molecular formula is C71H56N4OPt-2. The molecule has 0 aliphatic rings. The fourth-order valence-corrected chi connectivity index (χ4v) is 10.6. The van der Waals surface area contributed by atoms with E-state index in [1.807, 2.05) is 24.3 Å². The minimum absolute atomic E-state index is 0. The van der Waals surface area contributed by atoms with Gasteiger partial charge in [0.15, 0.2) is 5.58 Å². The van der Waals surface area contributed by atoms with Crippen LogP contribution in [0.3, 0.4) is 0 Å². The molecule has 0 saturated carbocycles. The van der Waals surface area contributed by atoms with Crippen LogP contribution in [0.25, 0.3) is 106 Å². The number of benzene rings is 9. The minimum Gasteiger partial charge on any atom is -0.463 e. The molecule has 0 N–H and O–H groups in total. The third-order valence-electron chi connectivity index (χ3n) is 14.6. The first-order valence-corrected chi connectivity index (χ1v) is 25.8. The zero-order chi connectivity index (χ0) is 56.1. The van der Waals surface area contributed by atoms with Crippen LogP contribution in [0.4, 0.5) is 0 Å². The Kier molecular flexibility index (Phi) is 11.2. The van der Waals surface area contributed by atoms with Crippen molar-refractivity contribution in [1.82, 2.24) is 14.1 Å². The minimum atomic E-state index is -0.424. The average molecular weight is 1180 g/mol. The Morgan fingerprint density at radius 1 is 0.558 bits per heavy atom. The number of rotatable bonds is 9. The molecule has 13 rings (SSSR count). The first-order chi connectivity index (χ1) is 39.0. The number of imidazole rings is 1. The van der Waals surface area contributed by atoms with Gasteiger partial charge < -0.3 is 13.6 Å². The number of hydrogen-bond acceptors (Lipinski definition) is 2. The van der Waals surface area contributed by atoms with E-state index in [1.54, 1.807) is 12.5 Å². The van der Waals surface area contributed by atoms with Gasteiger partial charge in [-0.25, -0.2) is 4.98 Å². The van der Waals surface area contributed by atoms with Crippen LogP contribution in [0.15, 0.2) is 223 Å². The van der Waals surface area contributed by atoms with E-state index in [0.29, 0.717) is 12.0 Å². The molecule has 0 unspecified atom stereocenters. The fourth-order valence-electron chi connectivity index (χ4n) is 10.6. The molecule has 0 spiro atoms. The molecule has 0 radical (unpaired) electrons. The van der Waals surface area contributed by atoms with Gasteiger partial charge in [0, 0.05) is 32.0 Å². The summed E-state index contributed by atoms with van der Waals surface area (Å²) in [4.78, 5) is 4.85. The van der Waals surface area contributed by atoms with Gasteiger partial charge in [0.2, 0.25) is 0 Å². The van der Waals surface area contributed by atoms with Gasteiger partial charge in [0.05, 0.1) is 36.0 Å². The fraction of sp³-hybridized carbons (Fsp3) is 0.127. The van der Waals surface area contributed by atoms with Gasteiger partial charge in [-0.1, -0.05) is 193 Å². The number of hydrogen-bond donors (Lipinski definition) is 0. The zero-order valence-electron chi connectivity index (χ0n) is 48.6. The van der Waals surface area contributed by atoms with Crippen LogP contribution in [0.1, 0.15) is 70.7 Å². The maximum atomic E-state index is 9.17. The number of nitrogens with zero attached hydrogens (tertiary/aromatic N) is 4. The summed E-state index contributed by atoms with van der Waals surface area (Å²) < 4.78 is 56.4. The number of furan rings is 1. The normalized spacial score (nSPS) is 12.9. The van der Waals surface area contributed by atoms with Crippen molar-refractivity contribution in [2.75, 3.05) is 0 Å². The molecule has 6 heteroatoms.